The highest BCUT2D eigenvalue weighted by Gasteiger charge is 2.03. The maximum atomic E-state index is 3.22. The predicted octanol–water partition coefficient (Wildman–Crippen LogP) is 2.63. The van der Waals surface area contributed by atoms with Crippen LogP contribution in [-0.2, 0) is 5.75 Å². The molecule has 72 valence electrons. The Hall–Kier alpha value is -0.830. The lowest BCUT2D eigenvalue weighted by molar-refractivity contribution is 1.35. The van der Waals surface area contributed by atoms with Crippen LogP contribution in [0.3, 0.4) is 0 Å². The molecule has 0 saturated carbocycles. The molecule has 0 spiro atoms. The summed E-state index contributed by atoms with van der Waals surface area (Å²) < 4.78 is 0. The Kier molecular flexibility index (Phi) is 3.96. The summed E-state index contributed by atoms with van der Waals surface area (Å²) in [4.78, 5) is 0. The number of benzene rings is 1. The van der Waals surface area contributed by atoms with Crippen LogP contribution >= 0.6 is 11.8 Å². The fraction of sp³-hybridized carbons (Fsp3) is 0.400. The zero-order chi connectivity index (χ0) is 9.68. The Morgan fingerprint density at radius 3 is 2.54 bits per heavy atom. The van der Waals surface area contributed by atoms with Crippen LogP contribution in [0.1, 0.15) is 5.56 Å². The van der Waals surface area contributed by atoms with Crippen molar-refractivity contribution in [3.63, 3.8) is 0 Å². The second-order valence-corrected chi connectivity index (χ2v) is 3.64. The molecule has 1 aromatic carbocycles. The molecular weight excluding hydrogens is 180 g/mol. The molecule has 0 aliphatic heterocycles. The minimum absolute atomic E-state index is 1.05. The number of nitrogens with one attached hydrogen (secondary N) is 2. The van der Waals surface area contributed by atoms with Crippen LogP contribution in [0.25, 0.3) is 0 Å². The van der Waals surface area contributed by atoms with Crippen molar-refractivity contribution in [3.8, 4) is 0 Å². The van der Waals surface area contributed by atoms with Gasteiger partial charge in [-0.05, 0) is 17.9 Å². The molecule has 0 radical (unpaired) electrons. The van der Waals surface area contributed by atoms with Gasteiger partial charge in [0, 0.05) is 19.8 Å². The van der Waals surface area contributed by atoms with Gasteiger partial charge < -0.3 is 10.6 Å². The average Bonchev–Trinajstić information content (AvgIpc) is 2.18. The Labute approximate surface area is 84.1 Å². The second-order valence-electron chi connectivity index (χ2n) is 2.77. The van der Waals surface area contributed by atoms with E-state index in [0.29, 0.717) is 0 Å². The molecule has 0 unspecified atom stereocenters. The van der Waals surface area contributed by atoms with Crippen LogP contribution in [-0.4, -0.2) is 20.4 Å². The number of para-hydroxylation sites is 1. The van der Waals surface area contributed by atoms with Gasteiger partial charge in [0.25, 0.3) is 0 Å². The van der Waals surface area contributed by atoms with Crippen LogP contribution in [0.4, 0.5) is 11.4 Å². The average molecular weight is 196 g/mol. The Morgan fingerprint density at radius 1 is 1.23 bits per heavy atom. The molecule has 13 heavy (non-hydrogen) atoms. The normalized spacial score (nSPS) is 9.77. The lowest BCUT2D eigenvalue weighted by Crippen LogP contribution is -1.99. The van der Waals surface area contributed by atoms with E-state index in [-0.39, 0.29) is 0 Å². The molecule has 0 bridgehead atoms. The van der Waals surface area contributed by atoms with Crippen LogP contribution in [0.15, 0.2) is 18.2 Å². The molecule has 0 saturated heterocycles. The van der Waals surface area contributed by atoms with Crippen molar-refractivity contribution in [1.29, 1.82) is 0 Å². The van der Waals surface area contributed by atoms with Crippen molar-refractivity contribution in [1.82, 2.24) is 0 Å². The minimum Gasteiger partial charge on any atom is -0.386 e. The number of hydrogen-bond acceptors (Lipinski definition) is 3. The standard InChI is InChI=1S/C10H16N2S/c1-11-9-6-4-5-8(7-13-3)10(9)12-2/h4-6,11-12H,7H2,1-3H3. The maximum absolute atomic E-state index is 3.22. The topological polar surface area (TPSA) is 24.1 Å². The van der Waals surface area contributed by atoms with Gasteiger partial charge in [0.2, 0.25) is 0 Å². The molecule has 0 aliphatic carbocycles. The highest BCUT2D eigenvalue weighted by Crippen LogP contribution is 2.27. The Balaban J connectivity index is 3.03. The van der Waals surface area contributed by atoms with Crippen LogP contribution < -0.4 is 10.6 Å². The number of rotatable bonds is 4. The van der Waals surface area contributed by atoms with Gasteiger partial charge >= 0.3 is 0 Å². The lowest BCUT2D eigenvalue weighted by atomic mass is 10.1. The minimum atomic E-state index is 1.05. The summed E-state index contributed by atoms with van der Waals surface area (Å²) in [5, 5.41) is 6.40. The van der Waals surface area contributed by atoms with Gasteiger partial charge in [-0.2, -0.15) is 11.8 Å². The number of thioether (sulfide) groups is 1. The SMILES string of the molecule is CNc1cccc(CSC)c1NC. The first kappa shape index (κ1) is 10.3. The van der Waals surface area contributed by atoms with E-state index in [1.807, 2.05) is 25.9 Å². The molecule has 0 atom stereocenters. The van der Waals surface area contributed by atoms with Gasteiger partial charge in [0.15, 0.2) is 0 Å². The van der Waals surface area contributed by atoms with Gasteiger partial charge in [-0.1, -0.05) is 12.1 Å². The summed E-state index contributed by atoms with van der Waals surface area (Å²) in [6.07, 6.45) is 2.12. The zero-order valence-electron chi connectivity index (χ0n) is 8.35. The van der Waals surface area contributed by atoms with Crippen LogP contribution in [0.5, 0.6) is 0 Å². The summed E-state index contributed by atoms with van der Waals surface area (Å²) in [6, 6.07) is 6.32. The fourth-order valence-electron chi connectivity index (χ4n) is 1.38. The van der Waals surface area contributed by atoms with Gasteiger partial charge in [0.05, 0.1) is 11.4 Å². The third-order valence-corrected chi connectivity index (χ3v) is 2.57. The zero-order valence-corrected chi connectivity index (χ0v) is 9.16. The molecule has 0 aromatic heterocycles. The van der Waals surface area contributed by atoms with Crippen LogP contribution in [0, 0.1) is 0 Å². The molecule has 0 amide bonds. The molecule has 2 N–H and O–H groups in total. The quantitative estimate of drug-likeness (QED) is 0.774. The highest BCUT2D eigenvalue weighted by atomic mass is 32.2. The van der Waals surface area contributed by atoms with Gasteiger partial charge in [-0.15, -0.1) is 0 Å². The van der Waals surface area contributed by atoms with E-state index < -0.39 is 0 Å². The van der Waals surface area contributed by atoms with Crippen molar-refractivity contribution in [2.45, 2.75) is 5.75 Å². The van der Waals surface area contributed by atoms with Crippen molar-refractivity contribution >= 4 is 23.1 Å². The molecule has 1 rings (SSSR count). The smallest absolute Gasteiger partial charge is 0.0614 e. The first-order chi connectivity index (χ1) is 6.33. The van der Waals surface area contributed by atoms with E-state index >= 15 is 0 Å². The van der Waals surface area contributed by atoms with E-state index in [1.54, 1.807) is 0 Å². The van der Waals surface area contributed by atoms with E-state index in [4.69, 9.17) is 0 Å². The summed E-state index contributed by atoms with van der Waals surface area (Å²) in [5.41, 5.74) is 3.72. The van der Waals surface area contributed by atoms with E-state index in [1.165, 1.54) is 11.3 Å². The summed E-state index contributed by atoms with van der Waals surface area (Å²) in [5.74, 6) is 1.05. The van der Waals surface area contributed by atoms with Crippen molar-refractivity contribution in [3.05, 3.63) is 23.8 Å². The van der Waals surface area contributed by atoms with Crippen molar-refractivity contribution in [2.75, 3.05) is 31.0 Å². The summed E-state index contributed by atoms with van der Waals surface area (Å²) >= 11 is 1.84. The van der Waals surface area contributed by atoms with E-state index in [2.05, 4.69) is 35.1 Å². The first-order valence-corrected chi connectivity index (χ1v) is 5.69. The Bertz CT molecular complexity index is 274. The van der Waals surface area contributed by atoms with Crippen LogP contribution in [0.2, 0.25) is 0 Å². The van der Waals surface area contributed by atoms with Crippen molar-refractivity contribution in [2.24, 2.45) is 0 Å². The molecular formula is C10H16N2S. The first-order valence-electron chi connectivity index (χ1n) is 4.29. The van der Waals surface area contributed by atoms with Gasteiger partial charge in [-0.3, -0.25) is 0 Å². The van der Waals surface area contributed by atoms with Gasteiger partial charge in [0.1, 0.15) is 0 Å². The largest absolute Gasteiger partial charge is 0.386 e. The van der Waals surface area contributed by atoms with E-state index in [0.717, 1.165) is 11.4 Å². The van der Waals surface area contributed by atoms with E-state index in [9.17, 15) is 0 Å². The molecule has 2 nitrogen and oxygen atoms in total. The third kappa shape index (κ3) is 2.31. The maximum Gasteiger partial charge on any atom is 0.0614 e. The summed E-state index contributed by atoms with van der Waals surface area (Å²) in [7, 11) is 3.90. The van der Waals surface area contributed by atoms with Gasteiger partial charge in [-0.25, -0.2) is 0 Å². The monoisotopic (exact) mass is 196 g/mol. The summed E-state index contributed by atoms with van der Waals surface area (Å²) in [6.45, 7) is 0. The molecule has 1 aromatic rings. The Morgan fingerprint density at radius 2 is 2.00 bits per heavy atom. The fourth-order valence-corrected chi connectivity index (χ4v) is 1.93. The number of anilines is 2. The third-order valence-electron chi connectivity index (χ3n) is 1.97. The predicted molar refractivity (Wildman–Crippen MR) is 62.8 cm³/mol. The second kappa shape index (κ2) is 5.02. The van der Waals surface area contributed by atoms with Crippen molar-refractivity contribution < 1.29 is 0 Å². The molecule has 0 fully saturated rings. The molecule has 0 heterocycles. The lowest BCUT2D eigenvalue weighted by Gasteiger charge is -2.13. The highest BCUT2D eigenvalue weighted by molar-refractivity contribution is 7.97. The molecule has 0 aliphatic rings. The number of hydrogen-bond donors (Lipinski definition) is 2. The molecule has 3 heteroatoms.